The lowest BCUT2D eigenvalue weighted by Crippen LogP contribution is -2.09. The Bertz CT molecular complexity index is 1590. The number of hydrogen-bond acceptors (Lipinski definition) is 7. The largest absolute Gasteiger partial charge is 0.489 e. The lowest BCUT2D eigenvalue weighted by atomic mass is 10.1. The van der Waals surface area contributed by atoms with Gasteiger partial charge < -0.3 is 13.9 Å². The summed E-state index contributed by atoms with van der Waals surface area (Å²) >= 11 is 0. The van der Waals surface area contributed by atoms with Crippen LogP contribution >= 0.6 is 0 Å². The normalized spacial score (nSPS) is 11.1. The molecule has 0 spiro atoms. The second kappa shape index (κ2) is 10.5. The zero-order chi connectivity index (χ0) is 25.7. The maximum Gasteiger partial charge on any atom is 0.344 e. The molecule has 3 aromatic carbocycles. The number of carbonyl (C=O) groups is 1. The van der Waals surface area contributed by atoms with E-state index in [1.807, 2.05) is 6.07 Å². The van der Waals surface area contributed by atoms with Crippen molar-refractivity contribution in [1.29, 1.82) is 0 Å². The summed E-state index contributed by atoms with van der Waals surface area (Å²) in [6.45, 7) is 3.86. The summed E-state index contributed by atoms with van der Waals surface area (Å²) in [6, 6.07) is 20.2. The monoisotopic (exact) mass is 505 g/mol. The van der Waals surface area contributed by atoms with Gasteiger partial charge in [-0.25, -0.2) is 18.0 Å². The number of rotatable bonds is 9. The lowest BCUT2D eigenvalue weighted by Gasteiger charge is -2.09. The molecule has 0 atom stereocenters. The van der Waals surface area contributed by atoms with E-state index in [1.165, 1.54) is 6.08 Å². The minimum absolute atomic E-state index is 0.134. The molecule has 1 heterocycles. The SMILES string of the molecule is C=CCOC(=O)c1cccc(COc2ccc3cc(-c4ccc(NS(C)(=O)=O)cc4)c(=O)oc3c2)c1. The number of ether oxygens (including phenoxy) is 2. The van der Waals surface area contributed by atoms with E-state index in [0.717, 1.165) is 11.8 Å². The molecule has 0 aliphatic heterocycles. The fourth-order valence-corrected chi connectivity index (χ4v) is 4.05. The summed E-state index contributed by atoms with van der Waals surface area (Å²) in [6.07, 6.45) is 2.57. The van der Waals surface area contributed by atoms with E-state index in [0.29, 0.717) is 39.1 Å². The minimum Gasteiger partial charge on any atom is -0.489 e. The number of nitrogens with one attached hydrogen (secondary N) is 1. The first-order valence-corrected chi connectivity index (χ1v) is 12.8. The van der Waals surface area contributed by atoms with Gasteiger partial charge in [-0.1, -0.05) is 36.9 Å². The summed E-state index contributed by atoms with van der Waals surface area (Å²) in [5.74, 6) is 0.0515. The summed E-state index contributed by atoms with van der Waals surface area (Å²) in [5.41, 5.74) is 2.35. The first kappa shape index (κ1) is 24.7. The third-order valence-electron chi connectivity index (χ3n) is 5.11. The zero-order valence-electron chi connectivity index (χ0n) is 19.4. The third-order valence-corrected chi connectivity index (χ3v) is 5.71. The van der Waals surface area contributed by atoms with Gasteiger partial charge in [0.25, 0.3) is 0 Å². The number of carbonyl (C=O) groups excluding carboxylic acids is 1. The Labute approximate surface area is 207 Å². The van der Waals surface area contributed by atoms with Gasteiger partial charge in [-0.15, -0.1) is 0 Å². The van der Waals surface area contributed by atoms with Crippen LogP contribution in [0, 0.1) is 0 Å². The van der Waals surface area contributed by atoms with Gasteiger partial charge in [0.05, 0.1) is 17.4 Å². The van der Waals surface area contributed by atoms with Crippen LogP contribution in [0.4, 0.5) is 5.69 Å². The smallest absolute Gasteiger partial charge is 0.344 e. The van der Waals surface area contributed by atoms with Crippen LogP contribution in [-0.2, 0) is 21.4 Å². The summed E-state index contributed by atoms with van der Waals surface area (Å²) in [5, 5.41) is 0.697. The van der Waals surface area contributed by atoms with Crippen molar-refractivity contribution in [2.45, 2.75) is 6.61 Å². The van der Waals surface area contributed by atoms with Crippen LogP contribution in [-0.4, -0.2) is 27.2 Å². The van der Waals surface area contributed by atoms with Crippen molar-refractivity contribution < 1.29 is 27.1 Å². The molecule has 0 bridgehead atoms. The van der Waals surface area contributed by atoms with Gasteiger partial charge in [0.1, 0.15) is 24.5 Å². The second-order valence-electron chi connectivity index (χ2n) is 7.97. The van der Waals surface area contributed by atoms with Crippen LogP contribution in [0.25, 0.3) is 22.1 Å². The highest BCUT2D eigenvalue weighted by molar-refractivity contribution is 7.92. The highest BCUT2D eigenvalue weighted by Crippen LogP contribution is 2.26. The summed E-state index contributed by atoms with van der Waals surface area (Å²) in [7, 11) is -3.39. The number of esters is 1. The molecule has 9 heteroatoms. The topological polar surface area (TPSA) is 112 Å². The average molecular weight is 506 g/mol. The molecule has 4 rings (SSSR count). The Morgan fingerprint density at radius 3 is 2.56 bits per heavy atom. The van der Waals surface area contributed by atoms with Crippen molar-refractivity contribution in [3.05, 3.63) is 107 Å². The first-order valence-electron chi connectivity index (χ1n) is 10.9. The predicted molar refractivity (Wildman–Crippen MR) is 138 cm³/mol. The highest BCUT2D eigenvalue weighted by atomic mass is 32.2. The molecule has 4 aromatic rings. The van der Waals surface area contributed by atoms with Crippen molar-refractivity contribution >= 4 is 32.6 Å². The van der Waals surface area contributed by atoms with E-state index in [1.54, 1.807) is 66.7 Å². The number of hydrogen-bond donors (Lipinski definition) is 1. The van der Waals surface area contributed by atoms with Crippen molar-refractivity contribution in [2.24, 2.45) is 0 Å². The molecule has 0 amide bonds. The van der Waals surface area contributed by atoms with Crippen LogP contribution in [0.5, 0.6) is 5.75 Å². The van der Waals surface area contributed by atoms with E-state index < -0.39 is 21.6 Å². The van der Waals surface area contributed by atoms with Crippen LogP contribution in [0.1, 0.15) is 15.9 Å². The Kier molecular flexibility index (Phi) is 7.21. The molecule has 0 fully saturated rings. The van der Waals surface area contributed by atoms with E-state index in [2.05, 4.69) is 11.3 Å². The Hall–Kier alpha value is -4.37. The molecule has 1 N–H and O–H groups in total. The van der Waals surface area contributed by atoms with E-state index in [4.69, 9.17) is 13.9 Å². The quantitative estimate of drug-likeness (QED) is 0.198. The second-order valence-corrected chi connectivity index (χ2v) is 9.72. The number of sulfonamides is 1. The van der Waals surface area contributed by atoms with E-state index >= 15 is 0 Å². The summed E-state index contributed by atoms with van der Waals surface area (Å²) < 4.78 is 41.6. The molecule has 36 heavy (non-hydrogen) atoms. The van der Waals surface area contributed by atoms with Crippen molar-refractivity contribution in [3.63, 3.8) is 0 Å². The zero-order valence-corrected chi connectivity index (χ0v) is 20.2. The van der Waals surface area contributed by atoms with Crippen LogP contribution in [0.3, 0.4) is 0 Å². The maximum atomic E-state index is 12.6. The average Bonchev–Trinajstić information content (AvgIpc) is 2.85. The van der Waals surface area contributed by atoms with Crippen molar-refractivity contribution in [1.82, 2.24) is 0 Å². The Morgan fingerprint density at radius 2 is 1.83 bits per heavy atom. The molecular formula is C27H23NO7S. The number of benzene rings is 3. The molecular weight excluding hydrogens is 482 g/mol. The minimum atomic E-state index is -3.39. The summed E-state index contributed by atoms with van der Waals surface area (Å²) in [4.78, 5) is 24.7. The van der Waals surface area contributed by atoms with Crippen LogP contribution in [0.2, 0.25) is 0 Å². The van der Waals surface area contributed by atoms with E-state index in [9.17, 15) is 18.0 Å². The standard InChI is InChI=1S/C27H23NO7S/c1-3-13-33-26(29)21-6-4-5-18(14-21)17-34-23-12-9-20-15-24(27(30)35-25(20)16-23)19-7-10-22(11-8-19)28-36(2,31)32/h3-12,14-16,28H,1,13,17H2,2H3. The van der Waals surface area contributed by atoms with Crippen molar-refractivity contribution in [3.8, 4) is 16.9 Å². The van der Waals surface area contributed by atoms with Crippen LogP contribution in [0.15, 0.2) is 94.7 Å². The van der Waals surface area contributed by atoms with Gasteiger partial charge in [0, 0.05) is 17.1 Å². The molecule has 0 radical (unpaired) electrons. The van der Waals surface area contributed by atoms with Gasteiger partial charge in [0.15, 0.2) is 0 Å². The fourth-order valence-electron chi connectivity index (χ4n) is 3.49. The Balaban J connectivity index is 1.50. The molecule has 8 nitrogen and oxygen atoms in total. The van der Waals surface area contributed by atoms with E-state index in [-0.39, 0.29) is 13.2 Å². The van der Waals surface area contributed by atoms with Gasteiger partial charge >= 0.3 is 11.6 Å². The maximum absolute atomic E-state index is 12.6. The number of anilines is 1. The molecule has 0 unspecified atom stereocenters. The van der Waals surface area contributed by atoms with Gasteiger partial charge in [-0.2, -0.15) is 0 Å². The van der Waals surface area contributed by atoms with Crippen molar-refractivity contribution in [2.75, 3.05) is 17.6 Å². The number of fused-ring (bicyclic) bond motifs is 1. The van der Waals surface area contributed by atoms with Gasteiger partial charge in [0.2, 0.25) is 10.0 Å². The van der Waals surface area contributed by atoms with Gasteiger partial charge in [-0.05, 0) is 53.6 Å². The molecule has 1 aromatic heterocycles. The third kappa shape index (κ3) is 6.19. The van der Waals surface area contributed by atoms with Crippen LogP contribution < -0.4 is 15.1 Å². The molecule has 0 aliphatic rings. The first-order chi connectivity index (χ1) is 17.2. The predicted octanol–water partition coefficient (Wildman–Crippen LogP) is 4.75. The fraction of sp³-hybridized carbons (Fsp3) is 0.111. The highest BCUT2D eigenvalue weighted by Gasteiger charge is 2.11. The molecule has 0 saturated carbocycles. The molecule has 184 valence electrons. The Morgan fingerprint density at radius 1 is 1.06 bits per heavy atom. The van der Waals surface area contributed by atoms with Gasteiger partial charge in [-0.3, -0.25) is 4.72 Å². The molecule has 0 saturated heterocycles. The lowest BCUT2D eigenvalue weighted by molar-refractivity contribution is 0.0549. The molecule has 0 aliphatic carbocycles.